The van der Waals surface area contributed by atoms with E-state index in [1.165, 1.54) is 6.07 Å². The number of aliphatic carboxylic acids is 1. The lowest BCUT2D eigenvalue weighted by atomic mass is 9.89. The largest absolute Gasteiger partial charge is 0.481 e. The molecule has 168 valence electrons. The molecule has 3 unspecified atom stereocenters. The molecule has 1 fully saturated rings. The predicted octanol–water partition coefficient (Wildman–Crippen LogP) is 5.23. The fourth-order valence-electron chi connectivity index (χ4n) is 4.46. The normalized spacial score (nSPS) is 19.4. The van der Waals surface area contributed by atoms with Gasteiger partial charge in [0.25, 0.3) is 0 Å². The summed E-state index contributed by atoms with van der Waals surface area (Å²) < 4.78 is 20.8. The quantitative estimate of drug-likeness (QED) is 0.425. The zero-order valence-corrected chi connectivity index (χ0v) is 18.1. The Labute approximate surface area is 190 Å². The number of halogens is 1. The third kappa shape index (κ3) is 4.03. The van der Waals surface area contributed by atoms with Crippen LogP contribution in [-0.2, 0) is 11.3 Å². The van der Waals surface area contributed by atoms with E-state index in [-0.39, 0.29) is 17.8 Å². The van der Waals surface area contributed by atoms with Gasteiger partial charge in [0, 0.05) is 24.5 Å². The highest BCUT2D eigenvalue weighted by Crippen LogP contribution is 2.33. The number of hydrogen-bond donors (Lipinski definition) is 2. The molecule has 4 aromatic rings. The van der Waals surface area contributed by atoms with Crippen LogP contribution in [0, 0.1) is 11.7 Å². The molecule has 6 heteroatoms. The average Bonchev–Trinajstić information content (AvgIpc) is 3.24. The molecule has 0 aliphatic carbocycles. The lowest BCUT2D eigenvalue weighted by molar-refractivity contribution is -0.152. The molecule has 3 atom stereocenters. The number of carbonyl (C=O) groups is 1. The van der Waals surface area contributed by atoms with Crippen molar-refractivity contribution in [2.45, 2.75) is 25.6 Å². The Kier molecular flexibility index (Phi) is 5.48. The summed E-state index contributed by atoms with van der Waals surface area (Å²) in [5.74, 6) is -1.12. The van der Waals surface area contributed by atoms with Gasteiger partial charge in [0.15, 0.2) is 0 Å². The summed E-state index contributed by atoms with van der Waals surface area (Å²) >= 11 is 0. The molecule has 2 N–H and O–H groups in total. The zero-order chi connectivity index (χ0) is 23.1. The molecule has 5 rings (SSSR count). The van der Waals surface area contributed by atoms with Gasteiger partial charge in [-0.25, -0.2) is 4.39 Å². The number of aliphatic hydroxyl groups is 1. The molecule has 0 radical (unpaired) electrons. The summed E-state index contributed by atoms with van der Waals surface area (Å²) in [7, 11) is 0. The topological polar surface area (TPSA) is 73.9 Å². The number of carboxylic acid groups (broad SMARTS) is 1. The van der Waals surface area contributed by atoms with E-state index >= 15 is 0 Å². The summed E-state index contributed by atoms with van der Waals surface area (Å²) in [6, 6.07) is 21.6. The number of fused-ring (bicyclic) bond motifs is 1. The minimum absolute atomic E-state index is 0.0685. The van der Waals surface area contributed by atoms with Crippen LogP contribution in [0.2, 0.25) is 0 Å². The molecule has 0 saturated carbocycles. The van der Waals surface area contributed by atoms with Crippen LogP contribution < -0.4 is 0 Å². The monoisotopic (exact) mass is 445 g/mol. The number of likely N-dealkylation sites (tertiary alicyclic amines) is 1. The Morgan fingerprint density at radius 1 is 1.09 bits per heavy atom. The molecule has 5 nitrogen and oxygen atoms in total. The Morgan fingerprint density at radius 3 is 2.58 bits per heavy atom. The first kappa shape index (κ1) is 21.4. The van der Waals surface area contributed by atoms with E-state index in [4.69, 9.17) is 9.52 Å². The van der Waals surface area contributed by atoms with Gasteiger partial charge in [-0.15, -0.1) is 0 Å². The molecule has 1 aliphatic rings. The molecule has 2 heterocycles. The van der Waals surface area contributed by atoms with Gasteiger partial charge < -0.3 is 14.6 Å². The van der Waals surface area contributed by atoms with Gasteiger partial charge >= 0.3 is 5.97 Å². The molecule has 1 aliphatic heterocycles. The number of furan rings is 1. The van der Waals surface area contributed by atoms with E-state index in [1.54, 1.807) is 18.2 Å². The molecule has 1 saturated heterocycles. The second-order valence-electron chi connectivity index (χ2n) is 8.65. The number of aliphatic hydroxyl groups excluding tert-OH is 1. The van der Waals surface area contributed by atoms with Crippen LogP contribution in [0.4, 0.5) is 4.39 Å². The van der Waals surface area contributed by atoms with Crippen LogP contribution in [-0.4, -0.2) is 33.7 Å². The summed E-state index contributed by atoms with van der Waals surface area (Å²) in [4.78, 5) is 13.2. The van der Waals surface area contributed by atoms with E-state index in [2.05, 4.69) is 0 Å². The minimum Gasteiger partial charge on any atom is -0.481 e. The highest BCUT2D eigenvalue weighted by atomic mass is 19.1. The third-order valence-corrected chi connectivity index (χ3v) is 6.56. The fraction of sp³-hybridized carbons (Fsp3) is 0.222. The third-order valence-electron chi connectivity index (χ3n) is 6.56. The van der Waals surface area contributed by atoms with Crippen molar-refractivity contribution in [1.82, 2.24) is 4.90 Å². The van der Waals surface area contributed by atoms with E-state index in [1.807, 2.05) is 60.4 Å². The lowest BCUT2D eigenvalue weighted by Crippen LogP contribution is -2.56. The van der Waals surface area contributed by atoms with Crippen molar-refractivity contribution in [3.63, 3.8) is 0 Å². The minimum atomic E-state index is -0.787. The van der Waals surface area contributed by atoms with Gasteiger partial charge in [0.1, 0.15) is 23.3 Å². The number of hydrogen-bond acceptors (Lipinski definition) is 4. The molecule has 3 aromatic carbocycles. The summed E-state index contributed by atoms with van der Waals surface area (Å²) in [5, 5.41) is 20.6. The standard InChI is InChI=1S/C27H24FNO4/c1-16-22(27(31)32)15-29(16)14-17-7-9-21(23(28)11-17)25-13-20-12-19(8-10-24(20)33-25)26(30)18-5-3-2-4-6-18/h2-13,16,22,26,30H,14-15H2,1H3,(H,31,32). The van der Waals surface area contributed by atoms with Gasteiger partial charge in [-0.2, -0.15) is 0 Å². The van der Waals surface area contributed by atoms with Crippen LogP contribution in [0.3, 0.4) is 0 Å². The van der Waals surface area contributed by atoms with Crippen LogP contribution in [0.25, 0.3) is 22.3 Å². The Hall–Kier alpha value is -3.48. The number of nitrogens with zero attached hydrogens (tertiary/aromatic N) is 1. The van der Waals surface area contributed by atoms with Gasteiger partial charge in [0.05, 0.1) is 11.5 Å². The summed E-state index contributed by atoms with van der Waals surface area (Å²) in [5.41, 5.74) is 3.30. The molecule has 0 bridgehead atoms. The Bertz CT molecular complexity index is 1320. The Balaban J connectivity index is 1.36. The second kappa shape index (κ2) is 8.46. The van der Waals surface area contributed by atoms with Crippen LogP contribution in [0.5, 0.6) is 0 Å². The van der Waals surface area contributed by atoms with Crippen LogP contribution >= 0.6 is 0 Å². The van der Waals surface area contributed by atoms with Crippen molar-refractivity contribution in [2.24, 2.45) is 5.92 Å². The fourth-order valence-corrected chi connectivity index (χ4v) is 4.46. The molecular formula is C27H24FNO4. The molecular weight excluding hydrogens is 421 g/mol. The van der Waals surface area contributed by atoms with Crippen molar-refractivity contribution < 1.29 is 23.8 Å². The van der Waals surface area contributed by atoms with E-state index < -0.39 is 12.1 Å². The first-order valence-electron chi connectivity index (χ1n) is 10.9. The molecule has 1 aromatic heterocycles. The van der Waals surface area contributed by atoms with Crippen molar-refractivity contribution in [1.29, 1.82) is 0 Å². The number of benzene rings is 3. The van der Waals surface area contributed by atoms with E-state index in [9.17, 15) is 14.3 Å². The summed E-state index contributed by atoms with van der Waals surface area (Å²) in [6.45, 7) is 2.86. The smallest absolute Gasteiger partial charge is 0.309 e. The molecule has 33 heavy (non-hydrogen) atoms. The predicted molar refractivity (Wildman–Crippen MR) is 123 cm³/mol. The maximum absolute atomic E-state index is 15.0. The first-order valence-corrected chi connectivity index (χ1v) is 10.9. The van der Waals surface area contributed by atoms with Crippen molar-refractivity contribution in [2.75, 3.05) is 6.54 Å². The number of carboxylic acids is 1. The van der Waals surface area contributed by atoms with Gasteiger partial charge in [0.2, 0.25) is 0 Å². The highest BCUT2D eigenvalue weighted by Gasteiger charge is 2.40. The van der Waals surface area contributed by atoms with Gasteiger partial charge in [-0.1, -0.05) is 42.5 Å². The Morgan fingerprint density at radius 2 is 1.88 bits per heavy atom. The van der Waals surface area contributed by atoms with E-state index in [0.29, 0.717) is 30.0 Å². The lowest BCUT2D eigenvalue weighted by Gasteiger charge is -2.44. The van der Waals surface area contributed by atoms with Gasteiger partial charge in [-0.05, 0) is 53.9 Å². The SMILES string of the molecule is CC1C(C(=O)O)CN1Cc1ccc(-c2cc3cc(C(O)c4ccccc4)ccc3o2)c(F)c1. The zero-order valence-electron chi connectivity index (χ0n) is 18.1. The van der Waals surface area contributed by atoms with Crippen molar-refractivity contribution in [3.05, 3.63) is 95.3 Å². The summed E-state index contributed by atoms with van der Waals surface area (Å²) in [6.07, 6.45) is -0.755. The first-order chi connectivity index (χ1) is 15.9. The maximum atomic E-state index is 15.0. The van der Waals surface area contributed by atoms with Crippen LogP contribution in [0.1, 0.15) is 29.7 Å². The molecule has 0 amide bonds. The van der Waals surface area contributed by atoms with Crippen molar-refractivity contribution in [3.8, 4) is 11.3 Å². The van der Waals surface area contributed by atoms with Crippen molar-refractivity contribution >= 4 is 16.9 Å². The van der Waals surface area contributed by atoms with E-state index in [0.717, 1.165) is 22.1 Å². The second-order valence-corrected chi connectivity index (χ2v) is 8.65. The molecule has 0 spiro atoms. The highest BCUT2D eigenvalue weighted by molar-refractivity contribution is 5.83. The van der Waals surface area contributed by atoms with Crippen LogP contribution in [0.15, 0.2) is 77.2 Å². The number of rotatable bonds is 6. The average molecular weight is 445 g/mol. The van der Waals surface area contributed by atoms with Gasteiger partial charge in [-0.3, -0.25) is 9.69 Å². The maximum Gasteiger partial charge on any atom is 0.309 e.